The Labute approximate surface area is 150 Å². The molecule has 1 aliphatic heterocycles. The van der Waals surface area contributed by atoms with E-state index in [2.05, 4.69) is 4.98 Å². The second kappa shape index (κ2) is 7.78. The van der Waals surface area contributed by atoms with Crippen molar-refractivity contribution in [1.82, 2.24) is 14.5 Å². The monoisotopic (exact) mass is 359 g/mol. The lowest BCUT2D eigenvalue weighted by molar-refractivity contribution is -0.130. The number of carbonyl (C=O) groups is 1. The number of amides is 1. The summed E-state index contributed by atoms with van der Waals surface area (Å²) >= 11 is 0. The number of aromatic nitrogens is 2. The summed E-state index contributed by atoms with van der Waals surface area (Å²) in [6.07, 6.45) is 2.11. The van der Waals surface area contributed by atoms with E-state index in [0.717, 1.165) is 12.8 Å². The van der Waals surface area contributed by atoms with E-state index in [1.165, 1.54) is 16.7 Å². The molecule has 26 heavy (non-hydrogen) atoms. The van der Waals surface area contributed by atoms with Crippen molar-refractivity contribution in [2.24, 2.45) is 0 Å². The van der Waals surface area contributed by atoms with Gasteiger partial charge in [0.15, 0.2) is 0 Å². The third-order valence-electron chi connectivity index (χ3n) is 4.69. The van der Waals surface area contributed by atoms with Gasteiger partial charge < -0.3 is 10.0 Å². The standard InChI is InChI=1S/C19H22FN3O3/c1-13-16(8-11-24)19(26)23(12-17(25)22-9-2-3-10-22)18(21-13)14-4-6-15(20)7-5-14/h4-7,24H,2-3,8-12H2,1H3. The lowest BCUT2D eigenvalue weighted by atomic mass is 10.1. The number of carbonyl (C=O) groups excluding carboxylic acids is 1. The van der Waals surface area contributed by atoms with Gasteiger partial charge >= 0.3 is 0 Å². The summed E-state index contributed by atoms with van der Waals surface area (Å²) in [5.41, 5.74) is 1.13. The first-order valence-electron chi connectivity index (χ1n) is 8.76. The van der Waals surface area contributed by atoms with Gasteiger partial charge in [-0.15, -0.1) is 0 Å². The normalized spacial score (nSPS) is 14.0. The molecular formula is C19H22FN3O3. The van der Waals surface area contributed by atoms with Crippen molar-refractivity contribution in [3.05, 3.63) is 51.7 Å². The van der Waals surface area contributed by atoms with Crippen molar-refractivity contribution < 1.29 is 14.3 Å². The lowest BCUT2D eigenvalue weighted by Gasteiger charge is -2.19. The topological polar surface area (TPSA) is 75.4 Å². The molecule has 138 valence electrons. The number of likely N-dealkylation sites (tertiary alicyclic amines) is 1. The van der Waals surface area contributed by atoms with Gasteiger partial charge in [-0.2, -0.15) is 0 Å². The van der Waals surface area contributed by atoms with Crippen molar-refractivity contribution in [3.63, 3.8) is 0 Å². The molecule has 2 heterocycles. The number of nitrogens with zero attached hydrogens (tertiary/aromatic N) is 3. The van der Waals surface area contributed by atoms with Crippen molar-refractivity contribution in [3.8, 4) is 11.4 Å². The summed E-state index contributed by atoms with van der Waals surface area (Å²) < 4.78 is 14.6. The molecule has 0 atom stereocenters. The highest BCUT2D eigenvalue weighted by Crippen LogP contribution is 2.19. The predicted octanol–water partition coefficient (Wildman–Crippen LogP) is 1.52. The molecule has 7 heteroatoms. The molecule has 1 aliphatic rings. The van der Waals surface area contributed by atoms with Crippen LogP contribution in [0.3, 0.4) is 0 Å². The Bertz CT molecular complexity index is 856. The number of aliphatic hydroxyl groups is 1. The van der Waals surface area contributed by atoms with E-state index in [0.29, 0.717) is 35.7 Å². The van der Waals surface area contributed by atoms with Gasteiger partial charge in [0.05, 0.1) is 0 Å². The quantitative estimate of drug-likeness (QED) is 0.878. The molecule has 0 radical (unpaired) electrons. The fraction of sp³-hybridized carbons (Fsp3) is 0.421. The summed E-state index contributed by atoms with van der Waals surface area (Å²) in [5, 5.41) is 9.24. The number of aryl methyl sites for hydroxylation is 1. The zero-order valence-corrected chi connectivity index (χ0v) is 14.7. The van der Waals surface area contributed by atoms with Crippen LogP contribution in [0.5, 0.6) is 0 Å². The predicted molar refractivity (Wildman–Crippen MR) is 95.2 cm³/mol. The highest BCUT2D eigenvalue weighted by atomic mass is 19.1. The SMILES string of the molecule is Cc1nc(-c2ccc(F)cc2)n(CC(=O)N2CCCC2)c(=O)c1CCO. The molecule has 0 spiro atoms. The lowest BCUT2D eigenvalue weighted by Crippen LogP contribution is -2.37. The first-order valence-corrected chi connectivity index (χ1v) is 8.76. The minimum Gasteiger partial charge on any atom is -0.396 e. The Morgan fingerprint density at radius 1 is 1.23 bits per heavy atom. The second-order valence-corrected chi connectivity index (χ2v) is 6.46. The van der Waals surface area contributed by atoms with Gasteiger partial charge in [0.2, 0.25) is 5.91 Å². The molecule has 0 aliphatic carbocycles. The van der Waals surface area contributed by atoms with Gasteiger partial charge in [-0.05, 0) is 44.0 Å². The van der Waals surface area contributed by atoms with E-state index in [-0.39, 0.29) is 36.9 Å². The van der Waals surface area contributed by atoms with Crippen LogP contribution in [-0.2, 0) is 17.8 Å². The van der Waals surface area contributed by atoms with Crippen LogP contribution in [-0.4, -0.2) is 45.2 Å². The Morgan fingerprint density at radius 2 is 1.88 bits per heavy atom. The highest BCUT2D eigenvalue weighted by Gasteiger charge is 2.22. The summed E-state index contributed by atoms with van der Waals surface area (Å²) in [4.78, 5) is 31.8. The molecule has 0 bridgehead atoms. The second-order valence-electron chi connectivity index (χ2n) is 6.46. The molecule has 3 rings (SSSR count). The molecule has 0 unspecified atom stereocenters. The third-order valence-corrected chi connectivity index (χ3v) is 4.69. The van der Waals surface area contributed by atoms with Gasteiger partial charge in [0.25, 0.3) is 5.56 Å². The number of rotatable bonds is 5. The number of halogens is 1. The summed E-state index contributed by atoms with van der Waals surface area (Å²) in [7, 11) is 0. The molecule has 1 amide bonds. The zero-order valence-electron chi connectivity index (χ0n) is 14.7. The fourth-order valence-corrected chi connectivity index (χ4v) is 3.27. The first kappa shape index (κ1) is 18.3. The van der Waals surface area contributed by atoms with Gasteiger partial charge in [-0.1, -0.05) is 0 Å². The average molecular weight is 359 g/mol. The van der Waals surface area contributed by atoms with E-state index in [9.17, 15) is 19.1 Å². The Kier molecular flexibility index (Phi) is 5.46. The van der Waals surface area contributed by atoms with E-state index >= 15 is 0 Å². The zero-order chi connectivity index (χ0) is 18.7. The van der Waals surface area contributed by atoms with Gasteiger partial charge in [-0.3, -0.25) is 14.2 Å². The molecule has 0 saturated carbocycles. The third kappa shape index (κ3) is 3.67. The average Bonchev–Trinajstić information content (AvgIpc) is 3.16. The van der Waals surface area contributed by atoms with Gasteiger partial charge in [0, 0.05) is 42.9 Å². The molecular weight excluding hydrogens is 337 g/mol. The maximum absolute atomic E-state index is 13.3. The molecule has 1 fully saturated rings. The van der Waals surface area contributed by atoms with Crippen LogP contribution in [0.1, 0.15) is 24.1 Å². The number of aliphatic hydroxyl groups excluding tert-OH is 1. The van der Waals surface area contributed by atoms with Crippen molar-refractivity contribution in [1.29, 1.82) is 0 Å². The summed E-state index contributed by atoms with van der Waals surface area (Å²) in [5.74, 6) is -0.181. The van der Waals surface area contributed by atoms with Crippen molar-refractivity contribution in [2.75, 3.05) is 19.7 Å². The minimum atomic E-state index is -0.385. The molecule has 2 aromatic rings. The van der Waals surface area contributed by atoms with Crippen LogP contribution in [0.4, 0.5) is 4.39 Å². The van der Waals surface area contributed by atoms with Gasteiger partial charge in [0.1, 0.15) is 18.2 Å². The van der Waals surface area contributed by atoms with E-state index in [4.69, 9.17) is 0 Å². The fourth-order valence-electron chi connectivity index (χ4n) is 3.27. The molecule has 1 aromatic heterocycles. The minimum absolute atomic E-state index is 0.114. The van der Waals surface area contributed by atoms with E-state index in [1.807, 2.05) is 0 Å². The summed E-state index contributed by atoms with van der Waals surface area (Å²) in [6.45, 7) is 2.81. The van der Waals surface area contributed by atoms with Gasteiger partial charge in [-0.25, -0.2) is 9.37 Å². The largest absolute Gasteiger partial charge is 0.396 e. The van der Waals surface area contributed by atoms with E-state index in [1.54, 1.807) is 24.0 Å². The van der Waals surface area contributed by atoms with Crippen LogP contribution in [0, 0.1) is 12.7 Å². The summed E-state index contributed by atoms with van der Waals surface area (Å²) in [6, 6.07) is 5.67. The molecule has 1 saturated heterocycles. The molecule has 1 aromatic carbocycles. The molecule has 6 nitrogen and oxygen atoms in total. The first-order chi connectivity index (χ1) is 12.5. The Morgan fingerprint density at radius 3 is 2.50 bits per heavy atom. The highest BCUT2D eigenvalue weighted by molar-refractivity contribution is 5.77. The maximum atomic E-state index is 13.3. The number of benzene rings is 1. The van der Waals surface area contributed by atoms with Crippen LogP contribution >= 0.6 is 0 Å². The maximum Gasteiger partial charge on any atom is 0.257 e. The van der Waals surface area contributed by atoms with Crippen LogP contribution in [0.15, 0.2) is 29.1 Å². The smallest absolute Gasteiger partial charge is 0.257 e. The van der Waals surface area contributed by atoms with Crippen molar-refractivity contribution in [2.45, 2.75) is 32.7 Å². The number of hydrogen-bond acceptors (Lipinski definition) is 4. The van der Waals surface area contributed by atoms with E-state index < -0.39 is 0 Å². The van der Waals surface area contributed by atoms with Crippen molar-refractivity contribution >= 4 is 5.91 Å². The molecule has 1 N–H and O–H groups in total. The van der Waals surface area contributed by atoms with Crippen LogP contribution in [0.25, 0.3) is 11.4 Å². The Balaban J connectivity index is 2.08. The van der Waals surface area contributed by atoms with Crippen LogP contribution in [0.2, 0.25) is 0 Å². The Hall–Kier alpha value is -2.54. The van der Waals surface area contributed by atoms with Crippen LogP contribution < -0.4 is 5.56 Å². The number of hydrogen-bond donors (Lipinski definition) is 1.